The average Bonchev–Trinajstić information content (AvgIpc) is 2.40. The van der Waals surface area contributed by atoms with E-state index in [1.54, 1.807) is 6.07 Å². The summed E-state index contributed by atoms with van der Waals surface area (Å²) in [6, 6.07) is 5.52. The van der Waals surface area contributed by atoms with Crippen LogP contribution in [0.25, 0.3) is 0 Å². The molecule has 0 fully saturated rings. The highest BCUT2D eigenvalue weighted by Crippen LogP contribution is 2.08. The SMILES string of the molecule is CCCCN(CC)C(=O)c1cccc(NCC)n1. The van der Waals surface area contributed by atoms with Gasteiger partial charge in [-0.25, -0.2) is 4.98 Å². The minimum atomic E-state index is 0.0192. The van der Waals surface area contributed by atoms with Crippen molar-refractivity contribution in [1.29, 1.82) is 0 Å². The number of anilines is 1. The van der Waals surface area contributed by atoms with Crippen LogP contribution in [0, 0.1) is 0 Å². The van der Waals surface area contributed by atoms with Crippen LogP contribution >= 0.6 is 0 Å². The van der Waals surface area contributed by atoms with E-state index in [0.29, 0.717) is 5.69 Å². The van der Waals surface area contributed by atoms with E-state index in [0.717, 1.165) is 38.3 Å². The Hall–Kier alpha value is -1.58. The number of aromatic nitrogens is 1. The smallest absolute Gasteiger partial charge is 0.272 e. The molecule has 1 aromatic rings. The van der Waals surface area contributed by atoms with E-state index in [4.69, 9.17) is 0 Å². The van der Waals surface area contributed by atoms with Gasteiger partial charge in [0.05, 0.1) is 0 Å². The standard InChI is InChI=1S/C14H23N3O/c1-4-7-11-17(6-3)14(18)12-9-8-10-13(16-12)15-5-2/h8-10H,4-7,11H2,1-3H3,(H,15,16). The third kappa shape index (κ3) is 4.02. The van der Waals surface area contributed by atoms with Crippen LogP contribution in [0.1, 0.15) is 44.1 Å². The molecule has 0 aliphatic carbocycles. The Morgan fingerprint density at radius 3 is 2.72 bits per heavy atom. The largest absolute Gasteiger partial charge is 0.370 e. The van der Waals surface area contributed by atoms with Gasteiger partial charge in [0.15, 0.2) is 0 Å². The molecule has 1 amide bonds. The van der Waals surface area contributed by atoms with Crippen LogP contribution in [0.3, 0.4) is 0 Å². The molecule has 0 aliphatic heterocycles. The molecule has 0 spiro atoms. The van der Waals surface area contributed by atoms with Gasteiger partial charge in [0.2, 0.25) is 0 Å². The molecule has 0 saturated carbocycles. The second kappa shape index (κ2) is 7.69. The first-order chi connectivity index (χ1) is 8.72. The van der Waals surface area contributed by atoms with Crippen molar-refractivity contribution in [3.8, 4) is 0 Å². The zero-order chi connectivity index (χ0) is 13.4. The predicted molar refractivity (Wildman–Crippen MR) is 74.9 cm³/mol. The lowest BCUT2D eigenvalue weighted by Gasteiger charge is -2.20. The van der Waals surface area contributed by atoms with Crippen molar-refractivity contribution in [2.75, 3.05) is 25.0 Å². The van der Waals surface area contributed by atoms with Gasteiger partial charge in [0.25, 0.3) is 5.91 Å². The van der Waals surface area contributed by atoms with E-state index in [9.17, 15) is 4.79 Å². The summed E-state index contributed by atoms with van der Waals surface area (Å²) in [5.74, 6) is 0.778. The Labute approximate surface area is 109 Å². The number of nitrogens with zero attached hydrogens (tertiary/aromatic N) is 2. The minimum absolute atomic E-state index is 0.0192. The van der Waals surface area contributed by atoms with Gasteiger partial charge in [0, 0.05) is 19.6 Å². The van der Waals surface area contributed by atoms with E-state index in [2.05, 4.69) is 17.2 Å². The maximum Gasteiger partial charge on any atom is 0.272 e. The van der Waals surface area contributed by atoms with Gasteiger partial charge in [-0.05, 0) is 32.4 Å². The van der Waals surface area contributed by atoms with E-state index in [1.807, 2.05) is 30.9 Å². The maximum atomic E-state index is 12.3. The summed E-state index contributed by atoms with van der Waals surface area (Å²) in [6.45, 7) is 8.47. The summed E-state index contributed by atoms with van der Waals surface area (Å²) in [5.41, 5.74) is 0.520. The molecule has 100 valence electrons. The number of amides is 1. The van der Waals surface area contributed by atoms with Gasteiger partial charge in [0.1, 0.15) is 11.5 Å². The quantitative estimate of drug-likeness (QED) is 0.808. The fraction of sp³-hybridized carbons (Fsp3) is 0.571. The number of hydrogen-bond acceptors (Lipinski definition) is 3. The second-order valence-electron chi connectivity index (χ2n) is 4.18. The van der Waals surface area contributed by atoms with Gasteiger partial charge in [-0.3, -0.25) is 4.79 Å². The fourth-order valence-corrected chi connectivity index (χ4v) is 1.75. The molecule has 0 radical (unpaired) electrons. The maximum absolute atomic E-state index is 12.3. The molecular formula is C14H23N3O. The fourth-order valence-electron chi connectivity index (χ4n) is 1.75. The molecule has 0 bridgehead atoms. The third-order valence-corrected chi connectivity index (χ3v) is 2.78. The monoisotopic (exact) mass is 249 g/mol. The van der Waals surface area contributed by atoms with Gasteiger partial charge < -0.3 is 10.2 Å². The Morgan fingerprint density at radius 1 is 1.33 bits per heavy atom. The first-order valence-electron chi connectivity index (χ1n) is 6.73. The Kier molecular flexibility index (Phi) is 6.19. The van der Waals surface area contributed by atoms with Gasteiger partial charge >= 0.3 is 0 Å². The van der Waals surface area contributed by atoms with Crippen molar-refractivity contribution < 1.29 is 4.79 Å². The summed E-state index contributed by atoms with van der Waals surface area (Å²) >= 11 is 0. The van der Waals surface area contributed by atoms with Crippen LogP contribution in [0.15, 0.2) is 18.2 Å². The van der Waals surface area contributed by atoms with Crippen LogP contribution in [-0.2, 0) is 0 Å². The number of nitrogens with one attached hydrogen (secondary N) is 1. The highest BCUT2D eigenvalue weighted by molar-refractivity contribution is 5.92. The lowest BCUT2D eigenvalue weighted by Crippen LogP contribution is -2.32. The highest BCUT2D eigenvalue weighted by Gasteiger charge is 2.15. The summed E-state index contributed by atoms with van der Waals surface area (Å²) < 4.78 is 0. The van der Waals surface area contributed by atoms with Crippen molar-refractivity contribution in [3.05, 3.63) is 23.9 Å². The first-order valence-corrected chi connectivity index (χ1v) is 6.73. The minimum Gasteiger partial charge on any atom is -0.370 e. The van der Waals surface area contributed by atoms with Crippen molar-refractivity contribution in [2.24, 2.45) is 0 Å². The van der Waals surface area contributed by atoms with E-state index < -0.39 is 0 Å². The molecule has 1 N–H and O–H groups in total. The van der Waals surface area contributed by atoms with Crippen LogP contribution in [0.5, 0.6) is 0 Å². The van der Waals surface area contributed by atoms with E-state index in [-0.39, 0.29) is 5.91 Å². The molecule has 0 aromatic carbocycles. The Balaban J connectivity index is 2.77. The van der Waals surface area contributed by atoms with Crippen molar-refractivity contribution >= 4 is 11.7 Å². The van der Waals surface area contributed by atoms with Crippen LogP contribution < -0.4 is 5.32 Å². The molecule has 1 aromatic heterocycles. The summed E-state index contributed by atoms with van der Waals surface area (Å²) in [6.07, 6.45) is 2.13. The highest BCUT2D eigenvalue weighted by atomic mass is 16.2. The van der Waals surface area contributed by atoms with Crippen LogP contribution in [0.4, 0.5) is 5.82 Å². The molecule has 0 aliphatic rings. The van der Waals surface area contributed by atoms with E-state index >= 15 is 0 Å². The number of carbonyl (C=O) groups excluding carboxylic acids is 1. The molecule has 4 nitrogen and oxygen atoms in total. The van der Waals surface area contributed by atoms with Crippen LogP contribution in [-0.4, -0.2) is 35.4 Å². The number of pyridine rings is 1. The molecule has 4 heteroatoms. The zero-order valence-corrected chi connectivity index (χ0v) is 11.6. The predicted octanol–water partition coefficient (Wildman–Crippen LogP) is 2.78. The normalized spacial score (nSPS) is 10.2. The summed E-state index contributed by atoms with van der Waals surface area (Å²) in [7, 11) is 0. The molecule has 18 heavy (non-hydrogen) atoms. The van der Waals surface area contributed by atoms with Crippen molar-refractivity contribution in [1.82, 2.24) is 9.88 Å². The molecule has 0 saturated heterocycles. The van der Waals surface area contributed by atoms with Crippen molar-refractivity contribution in [3.63, 3.8) is 0 Å². The summed E-state index contributed by atoms with van der Waals surface area (Å²) in [5, 5.41) is 3.12. The third-order valence-electron chi connectivity index (χ3n) is 2.78. The van der Waals surface area contributed by atoms with Gasteiger partial charge in [-0.2, -0.15) is 0 Å². The number of rotatable bonds is 7. The molecule has 0 unspecified atom stereocenters. The van der Waals surface area contributed by atoms with Gasteiger partial charge in [-0.15, -0.1) is 0 Å². The molecule has 0 atom stereocenters. The van der Waals surface area contributed by atoms with Crippen LogP contribution in [0.2, 0.25) is 0 Å². The molecule has 1 rings (SSSR count). The van der Waals surface area contributed by atoms with Crippen molar-refractivity contribution in [2.45, 2.75) is 33.6 Å². The lowest BCUT2D eigenvalue weighted by molar-refractivity contribution is 0.0756. The summed E-state index contributed by atoms with van der Waals surface area (Å²) in [4.78, 5) is 18.5. The average molecular weight is 249 g/mol. The first kappa shape index (κ1) is 14.5. The number of hydrogen-bond donors (Lipinski definition) is 1. The van der Waals surface area contributed by atoms with E-state index in [1.165, 1.54) is 0 Å². The zero-order valence-electron chi connectivity index (χ0n) is 11.6. The Morgan fingerprint density at radius 2 is 2.11 bits per heavy atom. The lowest BCUT2D eigenvalue weighted by atomic mass is 10.2. The molecular weight excluding hydrogens is 226 g/mol. The Bertz CT molecular complexity index is 379. The number of carbonyl (C=O) groups is 1. The van der Waals surface area contributed by atoms with Gasteiger partial charge in [-0.1, -0.05) is 19.4 Å². The number of unbranched alkanes of at least 4 members (excludes halogenated alkanes) is 1. The second-order valence-corrected chi connectivity index (χ2v) is 4.18. The molecule has 1 heterocycles. The topological polar surface area (TPSA) is 45.2 Å².